The lowest BCUT2D eigenvalue weighted by Gasteiger charge is -2.21. The maximum atomic E-state index is 5.06. The molecular formula is C9H20N2O. The second-order valence-electron chi connectivity index (χ2n) is 3.50. The zero-order chi connectivity index (χ0) is 8.81. The van der Waals surface area contributed by atoms with Crippen molar-refractivity contribution in [1.29, 1.82) is 0 Å². The Balaban J connectivity index is 2.21. The SMILES string of the molecule is COCCN1CCCN[C@@H](C)C1. The summed E-state index contributed by atoms with van der Waals surface area (Å²) in [7, 11) is 1.76. The minimum absolute atomic E-state index is 0.629. The molecule has 1 aliphatic rings. The van der Waals surface area contributed by atoms with Crippen LogP contribution in [0.2, 0.25) is 0 Å². The van der Waals surface area contributed by atoms with Crippen LogP contribution in [0, 0.1) is 0 Å². The van der Waals surface area contributed by atoms with E-state index >= 15 is 0 Å². The normalized spacial score (nSPS) is 27.0. The van der Waals surface area contributed by atoms with Crippen LogP contribution in [0.3, 0.4) is 0 Å². The monoisotopic (exact) mass is 172 g/mol. The van der Waals surface area contributed by atoms with Crippen molar-refractivity contribution >= 4 is 0 Å². The maximum absolute atomic E-state index is 5.06. The van der Waals surface area contributed by atoms with E-state index < -0.39 is 0 Å². The molecule has 1 fully saturated rings. The van der Waals surface area contributed by atoms with Crippen LogP contribution in [0.5, 0.6) is 0 Å². The van der Waals surface area contributed by atoms with E-state index in [1.54, 1.807) is 7.11 Å². The van der Waals surface area contributed by atoms with Crippen LogP contribution in [0.25, 0.3) is 0 Å². The zero-order valence-electron chi connectivity index (χ0n) is 8.18. The smallest absolute Gasteiger partial charge is 0.0589 e. The summed E-state index contributed by atoms with van der Waals surface area (Å²) >= 11 is 0. The molecule has 0 aromatic rings. The van der Waals surface area contributed by atoms with E-state index in [2.05, 4.69) is 17.1 Å². The molecule has 3 nitrogen and oxygen atoms in total. The highest BCUT2D eigenvalue weighted by molar-refractivity contribution is 4.72. The highest BCUT2D eigenvalue weighted by Crippen LogP contribution is 1.99. The van der Waals surface area contributed by atoms with E-state index in [0.29, 0.717) is 6.04 Å². The number of ether oxygens (including phenoxy) is 1. The predicted molar refractivity (Wildman–Crippen MR) is 50.4 cm³/mol. The first-order valence-electron chi connectivity index (χ1n) is 4.77. The first kappa shape index (κ1) is 9.96. The van der Waals surface area contributed by atoms with Gasteiger partial charge in [0.1, 0.15) is 0 Å². The highest BCUT2D eigenvalue weighted by Gasteiger charge is 2.12. The summed E-state index contributed by atoms with van der Waals surface area (Å²) in [6.07, 6.45) is 1.26. The molecule has 1 N–H and O–H groups in total. The number of rotatable bonds is 3. The van der Waals surface area contributed by atoms with E-state index in [9.17, 15) is 0 Å². The summed E-state index contributed by atoms with van der Waals surface area (Å²) in [6.45, 7) is 7.69. The first-order valence-corrected chi connectivity index (χ1v) is 4.77. The van der Waals surface area contributed by atoms with Crippen LogP contribution in [0.15, 0.2) is 0 Å². The largest absolute Gasteiger partial charge is 0.383 e. The highest BCUT2D eigenvalue weighted by atomic mass is 16.5. The quantitative estimate of drug-likeness (QED) is 0.663. The van der Waals surface area contributed by atoms with Gasteiger partial charge in [0.2, 0.25) is 0 Å². The molecule has 1 aliphatic heterocycles. The van der Waals surface area contributed by atoms with E-state index in [0.717, 1.165) is 26.2 Å². The van der Waals surface area contributed by atoms with Gasteiger partial charge in [0.25, 0.3) is 0 Å². The third-order valence-electron chi connectivity index (χ3n) is 2.29. The Morgan fingerprint density at radius 2 is 2.42 bits per heavy atom. The van der Waals surface area contributed by atoms with Crippen LogP contribution >= 0.6 is 0 Å². The number of hydrogen-bond donors (Lipinski definition) is 1. The summed E-state index contributed by atoms with van der Waals surface area (Å²) in [5, 5.41) is 3.47. The van der Waals surface area contributed by atoms with Crippen LogP contribution < -0.4 is 5.32 Å². The van der Waals surface area contributed by atoms with Gasteiger partial charge in [0.05, 0.1) is 6.61 Å². The third-order valence-corrected chi connectivity index (χ3v) is 2.29. The number of nitrogens with one attached hydrogen (secondary N) is 1. The molecule has 0 radical (unpaired) electrons. The lowest BCUT2D eigenvalue weighted by Crippen LogP contribution is -2.36. The second kappa shape index (κ2) is 5.51. The summed E-state index contributed by atoms with van der Waals surface area (Å²) in [6, 6.07) is 0.629. The summed E-state index contributed by atoms with van der Waals surface area (Å²) in [4.78, 5) is 2.47. The Hall–Kier alpha value is -0.120. The molecule has 0 aromatic carbocycles. The molecule has 3 heteroatoms. The molecule has 0 unspecified atom stereocenters. The molecule has 0 bridgehead atoms. The lowest BCUT2D eigenvalue weighted by molar-refractivity contribution is 0.147. The van der Waals surface area contributed by atoms with Gasteiger partial charge < -0.3 is 10.1 Å². The summed E-state index contributed by atoms with van der Waals surface area (Å²) in [5.74, 6) is 0. The first-order chi connectivity index (χ1) is 5.83. The van der Waals surface area contributed by atoms with Gasteiger partial charge in [-0.15, -0.1) is 0 Å². The van der Waals surface area contributed by atoms with Gasteiger partial charge in [-0.25, -0.2) is 0 Å². The molecular weight excluding hydrogens is 152 g/mol. The molecule has 0 aliphatic carbocycles. The van der Waals surface area contributed by atoms with Gasteiger partial charge in [-0.05, 0) is 26.4 Å². The summed E-state index contributed by atoms with van der Waals surface area (Å²) < 4.78 is 5.06. The lowest BCUT2D eigenvalue weighted by atomic mass is 10.3. The van der Waals surface area contributed by atoms with Crippen molar-refractivity contribution < 1.29 is 4.74 Å². The van der Waals surface area contributed by atoms with Crippen molar-refractivity contribution in [3.63, 3.8) is 0 Å². The Kier molecular flexibility index (Phi) is 4.58. The molecule has 0 amide bonds. The molecule has 12 heavy (non-hydrogen) atoms. The molecule has 1 saturated heterocycles. The fourth-order valence-corrected chi connectivity index (χ4v) is 1.62. The molecule has 0 spiro atoms. The fourth-order valence-electron chi connectivity index (χ4n) is 1.62. The van der Waals surface area contributed by atoms with Crippen LogP contribution in [0.4, 0.5) is 0 Å². The zero-order valence-corrected chi connectivity index (χ0v) is 8.18. The van der Waals surface area contributed by atoms with Gasteiger partial charge in [-0.1, -0.05) is 0 Å². The average molecular weight is 172 g/mol. The second-order valence-corrected chi connectivity index (χ2v) is 3.50. The van der Waals surface area contributed by atoms with Crippen molar-refractivity contribution in [2.45, 2.75) is 19.4 Å². The van der Waals surface area contributed by atoms with Crippen molar-refractivity contribution in [2.24, 2.45) is 0 Å². The van der Waals surface area contributed by atoms with Gasteiger partial charge >= 0.3 is 0 Å². The number of hydrogen-bond acceptors (Lipinski definition) is 3. The Labute approximate surface area is 75.1 Å². The van der Waals surface area contributed by atoms with E-state index in [4.69, 9.17) is 4.74 Å². The van der Waals surface area contributed by atoms with Crippen LogP contribution in [-0.2, 0) is 4.74 Å². The molecule has 1 rings (SSSR count). The molecule has 1 heterocycles. The van der Waals surface area contributed by atoms with E-state index in [1.165, 1.54) is 13.0 Å². The standard InChI is InChI=1S/C9H20N2O/c1-9-8-11(6-7-12-2)5-3-4-10-9/h9-10H,3-8H2,1-2H3/t9-/m0/s1. The third kappa shape index (κ3) is 3.52. The average Bonchev–Trinajstić information content (AvgIpc) is 2.26. The van der Waals surface area contributed by atoms with Crippen molar-refractivity contribution in [3.05, 3.63) is 0 Å². The molecule has 1 atom stereocenters. The maximum Gasteiger partial charge on any atom is 0.0589 e. The van der Waals surface area contributed by atoms with E-state index in [-0.39, 0.29) is 0 Å². The number of methoxy groups -OCH3 is 1. The Morgan fingerprint density at radius 3 is 3.17 bits per heavy atom. The molecule has 72 valence electrons. The predicted octanol–water partition coefficient (Wildman–Crippen LogP) is 0.317. The minimum atomic E-state index is 0.629. The van der Waals surface area contributed by atoms with Crippen LogP contribution in [0.1, 0.15) is 13.3 Å². The van der Waals surface area contributed by atoms with Crippen molar-refractivity contribution in [2.75, 3.05) is 39.9 Å². The number of nitrogens with zero attached hydrogens (tertiary/aromatic N) is 1. The topological polar surface area (TPSA) is 24.5 Å². The Morgan fingerprint density at radius 1 is 1.58 bits per heavy atom. The minimum Gasteiger partial charge on any atom is -0.383 e. The molecule has 0 saturated carbocycles. The van der Waals surface area contributed by atoms with Crippen molar-refractivity contribution in [3.8, 4) is 0 Å². The van der Waals surface area contributed by atoms with Gasteiger partial charge in [-0.2, -0.15) is 0 Å². The van der Waals surface area contributed by atoms with Gasteiger partial charge in [0, 0.05) is 26.2 Å². The van der Waals surface area contributed by atoms with Crippen molar-refractivity contribution in [1.82, 2.24) is 10.2 Å². The molecule has 0 aromatic heterocycles. The van der Waals surface area contributed by atoms with Gasteiger partial charge in [0.15, 0.2) is 0 Å². The van der Waals surface area contributed by atoms with Gasteiger partial charge in [-0.3, -0.25) is 4.90 Å². The Bertz CT molecular complexity index is 119. The summed E-state index contributed by atoms with van der Waals surface area (Å²) in [5.41, 5.74) is 0. The fraction of sp³-hybridized carbons (Fsp3) is 1.00. The van der Waals surface area contributed by atoms with Crippen LogP contribution in [-0.4, -0.2) is 50.8 Å². The van der Waals surface area contributed by atoms with E-state index in [1.807, 2.05) is 0 Å².